The fourth-order valence-electron chi connectivity index (χ4n) is 4.40. The Bertz CT molecular complexity index is 1400. The molecule has 9 nitrogen and oxygen atoms in total. The molecule has 1 unspecified atom stereocenters. The first-order valence-electron chi connectivity index (χ1n) is 11.3. The van der Waals surface area contributed by atoms with E-state index in [0.717, 1.165) is 0 Å². The molecule has 0 bridgehead atoms. The number of carbonyl (C=O) groups is 2. The normalized spacial score (nSPS) is 18.5. The van der Waals surface area contributed by atoms with Gasteiger partial charge in [0.2, 0.25) is 5.91 Å². The van der Waals surface area contributed by atoms with Gasteiger partial charge in [-0.2, -0.15) is 8.42 Å². The summed E-state index contributed by atoms with van der Waals surface area (Å²) < 4.78 is 34.1. The molecule has 3 aromatic rings. The Morgan fingerprint density at radius 3 is 2.69 bits per heavy atom. The molecule has 1 atom stereocenters. The summed E-state index contributed by atoms with van der Waals surface area (Å²) in [6, 6.07) is 17.1. The fourth-order valence-corrected chi connectivity index (χ4v) is 5.63. The third-order valence-corrected chi connectivity index (χ3v) is 7.46. The highest BCUT2D eigenvalue weighted by Gasteiger charge is 2.35. The van der Waals surface area contributed by atoms with Gasteiger partial charge in [0.05, 0.1) is 30.0 Å². The van der Waals surface area contributed by atoms with E-state index in [9.17, 15) is 18.0 Å². The number of sulfonamides is 1. The summed E-state index contributed by atoms with van der Waals surface area (Å²) in [6.45, 7) is 1.18. The third-order valence-electron chi connectivity index (χ3n) is 6.14. The monoisotopic (exact) mass is 492 g/mol. The molecule has 1 fully saturated rings. The van der Waals surface area contributed by atoms with Crippen LogP contribution in [0.25, 0.3) is 0 Å². The Kier molecular flexibility index (Phi) is 6.12. The van der Waals surface area contributed by atoms with Crippen LogP contribution in [0, 0.1) is 5.92 Å². The lowest BCUT2D eigenvalue weighted by Crippen LogP contribution is -2.43. The second kappa shape index (κ2) is 9.38. The molecule has 2 aliphatic rings. The Morgan fingerprint density at radius 1 is 1.06 bits per heavy atom. The highest BCUT2D eigenvalue weighted by atomic mass is 32.2. The molecule has 2 aliphatic heterocycles. The van der Waals surface area contributed by atoms with Gasteiger partial charge in [0.15, 0.2) is 5.84 Å². The summed E-state index contributed by atoms with van der Waals surface area (Å²) in [5.74, 6) is 0.0676. The highest BCUT2D eigenvalue weighted by Crippen LogP contribution is 2.30. The molecule has 35 heavy (non-hydrogen) atoms. The molecule has 10 heteroatoms. The molecule has 1 saturated heterocycles. The van der Waals surface area contributed by atoms with Crippen molar-refractivity contribution in [2.24, 2.45) is 10.3 Å². The minimum Gasteiger partial charge on any atom is -0.467 e. The standard InChI is InChI=1S/C25H24N4O5S/c30-24(27-21-11-3-1-9-19(21)25(31)26-15-18-8-6-14-34-18)17-7-5-13-29(16-17)23-20-10-2-4-12-22(20)35(32,33)28-23/h1-4,6,8-12,14,17H,5,7,13,15-16H2,(H,26,31)(H,27,30). The summed E-state index contributed by atoms with van der Waals surface area (Å²) in [6.07, 6.45) is 2.90. The van der Waals surface area contributed by atoms with Crippen LogP contribution in [0.4, 0.5) is 5.69 Å². The molecule has 2 N–H and O–H groups in total. The minimum absolute atomic E-state index is 0.191. The number of carbonyl (C=O) groups excluding carboxylic acids is 2. The molecule has 2 amide bonds. The van der Waals surface area contributed by atoms with Gasteiger partial charge in [-0.25, -0.2) is 0 Å². The van der Waals surface area contributed by atoms with E-state index in [-0.39, 0.29) is 29.2 Å². The van der Waals surface area contributed by atoms with E-state index in [0.29, 0.717) is 54.3 Å². The van der Waals surface area contributed by atoms with Crippen molar-refractivity contribution in [3.63, 3.8) is 0 Å². The number of nitrogens with one attached hydrogen (secondary N) is 2. The maximum Gasteiger partial charge on any atom is 0.285 e. The SMILES string of the molecule is O=C(NCc1ccco1)c1ccccc1NC(=O)C1CCCN(C2=NS(=O)(=O)c3ccccc32)C1. The molecular weight excluding hydrogens is 468 g/mol. The van der Waals surface area contributed by atoms with E-state index >= 15 is 0 Å². The molecule has 0 spiro atoms. The average molecular weight is 493 g/mol. The Morgan fingerprint density at radius 2 is 1.86 bits per heavy atom. The van der Waals surface area contributed by atoms with Gasteiger partial charge in [-0.3, -0.25) is 9.59 Å². The van der Waals surface area contributed by atoms with Crippen LogP contribution >= 0.6 is 0 Å². The molecule has 3 heterocycles. The quantitative estimate of drug-likeness (QED) is 0.565. The number of fused-ring (bicyclic) bond motifs is 1. The molecule has 180 valence electrons. The zero-order valence-corrected chi connectivity index (χ0v) is 19.6. The lowest BCUT2D eigenvalue weighted by molar-refractivity contribution is -0.121. The zero-order valence-electron chi connectivity index (χ0n) is 18.8. The Balaban J connectivity index is 1.29. The van der Waals surface area contributed by atoms with Gasteiger partial charge in [-0.1, -0.05) is 24.3 Å². The largest absolute Gasteiger partial charge is 0.467 e. The second-order valence-corrected chi connectivity index (χ2v) is 10.0. The molecule has 5 rings (SSSR count). The third kappa shape index (κ3) is 4.69. The maximum atomic E-state index is 13.2. The first kappa shape index (κ1) is 22.9. The van der Waals surface area contributed by atoms with Crippen LogP contribution in [0.5, 0.6) is 0 Å². The van der Waals surface area contributed by atoms with Crippen molar-refractivity contribution in [3.8, 4) is 0 Å². The van der Waals surface area contributed by atoms with Gasteiger partial charge >= 0.3 is 0 Å². The van der Waals surface area contributed by atoms with Gasteiger partial charge in [0, 0.05) is 18.7 Å². The number of rotatable bonds is 5. The molecule has 2 aromatic carbocycles. The molecule has 0 saturated carbocycles. The summed E-state index contributed by atoms with van der Waals surface area (Å²) in [7, 11) is -3.73. The van der Waals surface area contributed by atoms with Crippen LogP contribution in [0.1, 0.15) is 34.5 Å². The topological polar surface area (TPSA) is 121 Å². The zero-order chi connectivity index (χ0) is 24.4. The number of hydrogen-bond donors (Lipinski definition) is 2. The summed E-state index contributed by atoms with van der Waals surface area (Å²) in [4.78, 5) is 28.0. The van der Waals surface area contributed by atoms with Crippen molar-refractivity contribution in [1.82, 2.24) is 10.2 Å². The number of amidine groups is 1. The van der Waals surface area contributed by atoms with Crippen molar-refractivity contribution in [2.75, 3.05) is 18.4 Å². The van der Waals surface area contributed by atoms with Crippen LogP contribution < -0.4 is 10.6 Å². The minimum atomic E-state index is -3.73. The van der Waals surface area contributed by atoms with Crippen LogP contribution in [-0.4, -0.2) is 44.1 Å². The van der Waals surface area contributed by atoms with Crippen molar-refractivity contribution < 1.29 is 22.4 Å². The van der Waals surface area contributed by atoms with E-state index in [1.807, 2.05) is 4.90 Å². The lowest BCUT2D eigenvalue weighted by Gasteiger charge is -2.33. The van der Waals surface area contributed by atoms with Gasteiger partial charge < -0.3 is 20.0 Å². The Hall–Kier alpha value is -3.92. The summed E-state index contributed by atoms with van der Waals surface area (Å²) in [5.41, 5.74) is 1.32. The number of furan rings is 1. The van der Waals surface area contributed by atoms with Gasteiger partial charge in [0.1, 0.15) is 10.7 Å². The van der Waals surface area contributed by atoms with Crippen molar-refractivity contribution in [1.29, 1.82) is 0 Å². The highest BCUT2D eigenvalue weighted by molar-refractivity contribution is 7.90. The first-order chi connectivity index (χ1) is 16.9. The average Bonchev–Trinajstić information content (AvgIpc) is 3.49. The van der Waals surface area contributed by atoms with Crippen molar-refractivity contribution in [2.45, 2.75) is 24.3 Å². The number of nitrogens with zero attached hydrogens (tertiary/aromatic N) is 2. The van der Waals surface area contributed by atoms with E-state index in [2.05, 4.69) is 15.0 Å². The predicted octanol–water partition coefficient (Wildman–Crippen LogP) is 3.01. The first-order valence-corrected chi connectivity index (χ1v) is 12.8. The van der Waals surface area contributed by atoms with Crippen LogP contribution in [0.3, 0.4) is 0 Å². The van der Waals surface area contributed by atoms with Crippen LogP contribution in [0.2, 0.25) is 0 Å². The van der Waals surface area contributed by atoms with Crippen molar-refractivity contribution >= 4 is 33.4 Å². The smallest absolute Gasteiger partial charge is 0.285 e. The number of anilines is 1. The van der Waals surface area contributed by atoms with E-state index in [1.165, 1.54) is 6.26 Å². The molecule has 0 aliphatic carbocycles. The molecular formula is C25H24N4O5S. The van der Waals surface area contributed by atoms with Gasteiger partial charge in [-0.05, 0) is 49.2 Å². The molecule has 1 aromatic heterocycles. The number of para-hydroxylation sites is 1. The number of amides is 2. The van der Waals surface area contributed by atoms with Crippen molar-refractivity contribution in [3.05, 3.63) is 83.8 Å². The number of benzene rings is 2. The summed E-state index contributed by atoms with van der Waals surface area (Å²) >= 11 is 0. The maximum absolute atomic E-state index is 13.2. The van der Waals surface area contributed by atoms with Gasteiger partial charge in [0.25, 0.3) is 15.9 Å². The molecule has 0 radical (unpaired) electrons. The van der Waals surface area contributed by atoms with E-state index < -0.39 is 10.0 Å². The second-order valence-electron chi connectivity index (χ2n) is 8.47. The lowest BCUT2D eigenvalue weighted by atomic mass is 9.96. The predicted molar refractivity (Wildman–Crippen MR) is 129 cm³/mol. The van der Waals surface area contributed by atoms with Crippen LogP contribution in [0.15, 0.2) is 80.6 Å². The van der Waals surface area contributed by atoms with E-state index in [1.54, 1.807) is 60.7 Å². The van der Waals surface area contributed by atoms with E-state index in [4.69, 9.17) is 4.42 Å². The number of piperidine rings is 1. The van der Waals surface area contributed by atoms with Crippen LogP contribution in [-0.2, 0) is 21.4 Å². The Labute approximate surface area is 202 Å². The number of hydrogen-bond acceptors (Lipinski definition) is 6. The fraction of sp³-hybridized carbons (Fsp3) is 0.240. The van der Waals surface area contributed by atoms with Gasteiger partial charge in [-0.15, -0.1) is 4.40 Å². The number of likely N-dealkylation sites (tertiary alicyclic amines) is 1. The summed E-state index contributed by atoms with van der Waals surface area (Å²) in [5, 5.41) is 5.68.